The van der Waals surface area contributed by atoms with Crippen molar-refractivity contribution in [1.29, 1.82) is 0 Å². The van der Waals surface area contributed by atoms with Gasteiger partial charge in [0, 0.05) is 22.3 Å². The molecule has 0 spiro atoms. The summed E-state index contributed by atoms with van der Waals surface area (Å²) in [5.74, 6) is 0.494. The Hall–Kier alpha value is -6.14. The van der Waals surface area contributed by atoms with E-state index < -0.39 is 0 Å². The molecule has 1 aliphatic heterocycles. The minimum Gasteiger partial charge on any atom is -0.871 e. The Morgan fingerprint density at radius 1 is 0.667 bits per heavy atom. The number of allylic oxidation sites excluding steroid dienone is 6. The third kappa shape index (κ3) is 6.04. The Morgan fingerprint density at radius 2 is 1.23 bits per heavy atom. The van der Waals surface area contributed by atoms with Crippen LogP contribution < -0.4 is 5.11 Å². The van der Waals surface area contributed by atoms with Crippen LogP contribution in [0.5, 0.6) is 0 Å². The van der Waals surface area contributed by atoms with E-state index in [2.05, 4.69) is 0 Å². The number of ketones is 1. The maximum atomic E-state index is 13.7. The van der Waals surface area contributed by atoms with E-state index in [0.717, 1.165) is 22.3 Å². The zero-order valence-electron chi connectivity index (χ0n) is 26.1. The predicted octanol–water partition coefficient (Wildman–Crippen LogP) is 9.41. The average molecular weight is 635 g/mol. The van der Waals surface area contributed by atoms with Gasteiger partial charge in [0.1, 0.15) is 23.2 Å². The van der Waals surface area contributed by atoms with Crippen LogP contribution >= 0.6 is 0 Å². The van der Waals surface area contributed by atoms with Crippen LogP contribution in [-0.4, -0.2) is 5.78 Å². The van der Waals surface area contributed by atoms with Crippen LogP contribution in [0.4, 0.5) is 8.78 Å². The van der Waals surface area contributed by atoms with Crippen molar-refractivity contribution < 1.29 is 27.8 Å². The second-order valence-corrected chi connectivity index (χ2v) is 11.7. The van der Waals surface area contributed by atoms with Gasteiger partial charge in [0.15, 0.2) is 5.78 Å². The van der Waals surface area contributed by atoms with Gasteiger partial charge in [-0.3, -0.25) is 4.79 Å². The summed E-state index contributed by atoms with van der Waals surface area (Å²) in [6.45, 7) is 3.93. The molecule has 0 fully saturated rings. The number of rotatable bonds is 6. The molecule has 1 aliphatic carbocycles. The van der Waals surface area contributed by atoms with Crippen molar-refractivity contribution >= 4 is 23.4 Å². The number of carbonyl (C=O) groups excluding carboxylic acids is 1. The summed E-state index contributed by atoms with van der Waals surface area (Å²) >= 11 is 0. The van der Waals surface area contributed by atoms with Crippen molar-refractivity contribution in [2.75, 3.05) is 0 Å². The summed E-state index contributed by atoms with van der Waals surface area (Å²) in [6, 6.07) is 30.8. The van der Waals surface area contributed by atoms with E-state index in [1.165, 1.54) is 24.3 Å². The van der Waals surface area contributed by atoms with Crippen LogP contribution in [0.25, 0.3) is 40.2 Å². The normalized spacial score (nSPS) is 16.0. The summed E-state index contributed by atoms with van der Waals surface area (Å²) in [6.07, 6.45) is 6.64. The Kier molecular flexibility index (Phi) is 7.99. The van der Waals surface area contributed by atoms with Gasteiger partial charge >= 0.3 is 11.5 Å². The molecule has 2 heterocycles. The first-order chi connectivity index (χ1) is 23.2. The molecule has 0 bridgehead atoms. The lowest BCUT2D eigenvalue weighted by atomic mass is 9.85. The SMILES string of the molecule is Cc1ccccc1C1=CC(=CC2=C([O-])C(=Cc3cc(-c4ccc(F)cc4)[o+]c(-c4ccccc4C)c3)C2=O)C=C(c2ccc(F)cc2)O1. The molecule has 0 N–H and O–H groups in total. The molecule has 2 aliphatic rings. The standard InChI is InChI=1S/C42H28F2O4/c1-25-7-3-5-9-33(25)39-23-27(21-37(47-39)29-11-15-31(43)16-12-29)19-35-41(45)36(42(35)46)20-28-22-38(30-13-17-32(44)18-14-30)48-40(24-28)34-10-6-4-8-26(34)2/h3-24H,1-2H3. The molecule has 4 nitrogen and oxygen atoms in total. The Balaban J connectivity index is 1.29. The van der Waals surface area contributed by atoms with E-state index in [9.17, 15) is 18.7 Å². The van der Waals surface area contributed by atoms with Crippen molar-refractivity contribution in [3.05, 3.63) is 189 Å². The van der Waals surface area contributed by atoms with E-state index in [0.29, 0.717) is 45.3 Å². The summed E-state index contributed by atoms with van der Waals surface area (Å²) < 4.78 is 39.9. The van der Waals surface area contributed by atoms with E-state index in [-0.39, 0.29) is 34.3 Å². The Morgan fingerprint density at radius 3 is 1.85 bits per heavy atom. The Bertz CT molecular complexity index is 2250. The van der Waals surface area contributed by atoms with Gasteiger partial charge in [0.05, 0.1) is 23.3 Å². The fourth-order valence-electron chi connectivity index (χ4n) is 5.72. The molecule has 0 amide bonds. The van der Waals surface area contributed by atoms with Crippen LogP contribution in [0.1, 0.15) is 27.8 Å². The quantitative estimate of drug-likeness (QED) is 0.138. The second kappa shape index (κ2) is 12.6. The van der Waals surface area contributed by atoms with Gasteiger partial charge in [-0.15, -0.1) is 0 Å². The maximum absolute atomic E-state index is 13.7. The molecular weight excluding hydrogens is 606 g/mol. The first-order valence-corrected chi connectivity index (χ1v) is 15.4. The highest BCUT2D eigenvalue weighted by Crippen LogP contribution is 2.37. The third-order valence-corrected chi connectivity index (χ3v) is 8.31. The van der Waals surface area contributed by atoms with Gasteiger partial charge in [-0.05, 0) is 115 Å². The maximum Gasteiger partial charge on any atom is 0.361 e. The summed E-state index contributed by atoms with van der Waals surface area (Å²) in [7, 11) is 0. The molecule has 6 heteroatoms. The number of carbonyl (C=O) groups is 1. The van der Waals surface area contributed by atoms with Crippen LogP contribution in [-0.2, 0) is 9.53 Å². The lowest BCUT2D eigenvalue weighted by molar-refractivity contribution is -0.300. The van der Waals surface area contributed by atoms with E-state index in [1.54, 1.807) is 60.7 Å². The minimum atomic E-state index is -0.386. The van der Waals surface area contributed by atoms with Gasteiger partial charge in [0.2, 0.25) is 0 Å². The summed E-state index contributed by atoms with van der Waals surface area (Å²) in [5.41, 5.74) is 6.24. The smallest absolute Gasteiger partial charge is 0.361 e. The number of Topliss-reactive ketones (excluding diaryl/α,β-unsaturated/α-hetero) is 1. The fourth-order valence-corrected chi connectivity index (χ4v) is 5.72. The first kappa shape index (κ1) is 30.5. The van der Waals surface area contributed by atoms with Gasteiger partial charge in [0.25, 0.3) is 0 Å². The lowest BCUT2D eigenvalue weighted by Gasteiger charge is -2.29. The molecule has 234 valence electrons. The zero-order chi connectivity index (χ0) is 33.4. The molecule has 0 saturated heterocycles. The lowest BCUT2D eigenvalue weighted by Crippen LogP contribution is -2.29. The molecule has 5 aromatic rings. The van der Waals surface area contributed by atoms with E-state index >= 15 is 0 Å². The number of aryl methyl sites for hydroxylation is 2. The second-order valence-electron chi connectivity index (χ2n) is 11.7. The number of ether oxygens (including phenoxy) is 1. The molecule has 7 rings (SSSR count). The van der Waals surface area contributed by atoms with Gasteiger partial charge < -0.3 is 9.84 Å². The topological polar surface area (TPSA) is 60.7 Å². The largest absolute Gasteiger partial charge is 0.871 e. The highest BCUT2D eigenvalue weighted by Gasteiger charge is 2.28. The van der Waals surface area contributed by atoms with Crippen LogP contribution in [0, 0.1) is 25.5 Å². The Labute approximate surface area is 276 Å². The van der Waals surface area contributed by atoms with E-state index in [1.807, 2.05) is 62.4 Å². The number of hydrogen-bond acceptors (Lipinski definition) is 3. The van der Waals surface area contributed by atoms with E-state index in [4.69, 9.17) is 9.15 Å². The van der Waals surface area contributed by atoms with Crippen molar-refractivity contribution in [3.8, 4) is 22.6 Å². The van der Waals surface area contributed by atoms with Gasteiger partial charge in [-0.1, -0.05) is 48.2 Å². The highest BCUT2D eigenvalue weighted by molar-refractivity contribution is 6.23. The predicted molar refractivity (Wildman–Crippen MR) is 181 cm³/mol. The van der Waals surface area contributed by atoms with Gasteiger partial charge in [-0.25, -0.2) is 13.2 Å². The molecule has 0 saturated carbocycles. The fraction of sp³-hybridized carbons (Fsp3) is 0.0476. The van der Waals surface area contributed by atoms with Crippen molar-refractivity contribution in [2.45, 2.75) is 13.8 Å². The third-order valence-electron chi connectivity index (χ3n) is 8.31. The van der Waals surface area contributed by atoms with Crippen LogP contribution in [0.3, 0.4) is 0 Å². The number of benzene rings is 4. The summed E-state index contributed by atoms with van der Waals surface area (Å²) in [5, 5.41) is 13.5. The van der Waals surface area contributed by atoms with Gasteiger partial charge in [-0.2, -0.15) is 0 Å². The summed E-state index contributed by atoms with van der Waals surface area (Å²) in [4.78, 5) is 13.5. The molecule has 48 heavy (non-hydrogen) atoms. The highest BCUT2D eigenvalue weighted by atomic mass is 19.1. The molecule has 0 atom stereocenters. The minimum absolute atomic E-state index is 0.0479. The molecule has 4 aromatic carbocycles. The molecular formula is C42H28F2O4. The number of hydrogen-bond donors (Lipinski definition) is 0. The first-order valence-electron chi connectivity index (χ1n) is 15.4. The molecule has 1 aromatic heterocycles. The molecule has 0 unspecified atom stereocenters. The van der Waals surface area contributed by atoms with Crippen molar-refractivity contribution in [1.82, 2.24) is 0 Å². The zero-order valence-corrected chi connectivity index (χ0v) is 26.1. The van der Waals surface area contributed by atoms with Crippen molar-refractivity contribution in [3.63, 3.8) is 0 Å². The van der Waals surface area contributed by atoms with Crippen LogP contribution in [0.15, 0.2) is 154 Å². The molecule has 0 radical (unpaired) electrons. The van der Waals surface area contributed by atoms with Crippen molar-refractivity contribution in [2.24, 2.45) is 0 Å². The van der Waals surface area contributed by atoms with Crippen LogP contribution in [0.2, 0.25) is 0 Å². The number of halogens is 2. The monoisotopic (exact) mass is 634 g/mol. The average Bonchev–Trinajstić information content (AvgIpc) is 3.10.